The molecule has 7 heteroatoms. The zero-order chi connectivity index (χ0) is 15.9. The maximum absolute atomic E-state index is 4.63. The standard InChI is InChI=1S/C20H14N4.3Zn/c1-2-14-10-16-5-6-18(23-16)12-20-8-7-19(24-20)11-17-4-3-15(22-17)9-13(1)21-14;;;/h1-12,21,24H;;;/q;3*+2. The van der Waals surface area contributed by atoms with Crippen molar-refractivity contribution in [2.24, 2.45) is 0 Å². The van der Waals surface area contributed by atoms with Gasteiger partial charge in [0.05, 0.1) is 22.8 Å². The van der Waals surface area contributed by atoms with Crippen LogP contribution in [0.5, 0.6) is 0 Å². The molecule has 0 spiro atoms. The Bertz CT molecular complexity index is 998. The molecule has 27 heavy (non-hydrogen) atoms. The van der Waals surface area contributed by atoms with Gasteiger partial charge in [0.25, 0.3) is 0 Å². The van der Waals surface area contributed by atoms with Gasteiger partial charge in [-0.1, -0.05) is 0 Å². The fraction of sp³-hybridized carbons (Fsp3) is 0. The fourth-order valence-corrected chi connectivity index (χ4v) is 2.94. The van der Waals surface area contributed by atoms with Crippen molar-refractivity contribution in [1.82, 2.24) is 19.9 Å². The van der Waals surface area contributed by atoms with Gasteiger partial charge in [-0.15, -0.1) is 0 Å². The maximum Gasteiger partial charge on any atom is 2.00 e. The number of hydrogen-bond donors (Lipinski definition) is 2. The Kier molecular flexibility index (Phi) is 7.34. The molecular weight excluding hydrogens is 492 g/mol. The SMILES string of the molecule is C1=Cc2cc3ccc(cc4nc(cc5ccc(cc1n2)[nH]5)C=C4)[nH]3.[Zn+2].[Zn+2].[Zn+2]. The molecule has 3 aromatic rings. The van der Waals surface area contributed by atoms with E-state index in [1.165, 1.54) is 0 Å². The zero-order valence-electron chi connectivity index (χ0n) is 14.9. The van der Waals surface area contributed by atoms with Crippen molar-refractivity contribution in [2.75, 3.05) is 0 Å². The van der Waals surface area contributed by atoms with E-state index in [0.717, 1.165) is 44.8 Å². The van der Waals surface area contributed by atoms with Crippen LogP contribution in [0.1, 0.15) is 22.8 Å². The van der Waals surface area contributed by atoms with E-state index in [1.54, 1.807) is 0 Å². The summed E-state index contributed by atoms with van der Waals surface area (Å²) in [6.07, 6.45) is 8.09. The van der Waals surface area contributed by atoms with E-state index in [0.29, 0.717) is 0 Å². The second kappa shape index (κ2) is 9.11. The molecule has 2 aliphatic rings. The predicted octanol–water partition coefficient (Wildman–Crippen LogP) is 4.65. The number of fused-ring (bicyclic) bond motifs is 8. The number of aromatic nitrogens is 4. The van der Waals surface area contributed by atoms with Crippen molar-refractivity contribution in [3.63, 3.8) is 0 Å². The minimum absolute atomic E-state index is 0. The Hall–Kier alpha value is -1.53. The van der Waals surface area contributed by atoms with Crippen LogP contribution in [0.3, 0.4) is 0 Å². The fourth-order valence-electron chi connectivity index (χ4n) is 2.94. The molecular formula is C20H14N4Zn3+6. The van der Waals surface area contributed by atoms with Gasteiger partial charge < -0.3 is 9.97 Å². The first-order chi connectivity index (χ1) is 11.8. The molecule has 0 amide bonds. The van der Waals surface area contributed by atoms with Gasteiger partial charge in [0.2, 0.25) is 0 Å². The Labute approximate surface area is 194 Å². The number of hydrogen-bond acceptors (Lipinski definition) is 2. The molecule has 5 rings (SSSR count). The zero-order valence-corrected chi connectivity index (χ0v) is 23.8. The van der Waals surface area contributed by atoms with Crippen LogP contribution in [-0.4, -0.2) is 19.9 Å². The van der Waals surface area contributed by atoms with E-state index >= 15 is 0 Å². The van der Waals surface area contributed by atoms with Gasteiger partial charge in [-0.2, -0.15) is 0 Å². The molecule has 8 bridgehead atoms. The third-order valence-electron chi connectivity index (χ3n) is 4.04. The molecule has 0 saturated heterocycles. The Morgan fingerprint density at radius 3 is 0.963 bits per heavy atom. The van der Waals surface area contributed by atoms with E-state index in [-0.39, 0.29) is 58.4 Å². The van der Waals surface area contributed by atoms with Crippen LogP contribution in [0.4, 0.5) is 0 Å². The summed E-state index contributed by atoms with van der Waals surface area (Å²) in [7, 11) is 0. The van der Waals surface area contributed by atoms with E-state index in [2.05, 4.69) is 44.2 Å². The number of rotatable bonds is 0. The van der Waals surface area contributed by atoms with Crippen LogP contribution < -0.4 is 0 Å². The number of nitrogens with zero attached hydrogens (tertiary/aromatic N) is 2. The largest absolute Gasteiger partial charge is 2.00 e. The van der Waals surface area contributed by atoms with Crippen LogP contribution in [0.15, 0.2) is 48.5 Å². The minimum Gasteiger partial charge on any atom is -0.355 e. The first kappa shape index (κ1) is 21.8. The Balaban J connectivity index is 0.000000871. The van der Waals surface area contributed by atoms with Gasteiger partial charge in [-0.05, 0) is 72.8 Å². The predicted molar refractivity (Wildman–Crippen MR) is 98.9 cm³/mol. The van der Waals surface area contributed by atoms with Crippen LogP contribution in [0.2, 0.25) is 0 Å². The normalized spacial score (nSPS) is 11.3. The Morgan fingerprint density at radius 1 is 0.444 bits per heavy atom. The third-order valence-corrected chi connectivity index (χ3v) is 4.04. The summed E-state index contributed by atoms with van der Waals surface area (Å²) < 4.78 is 0. The van der Waals surface area contributed by atoms with Crippen molar-refractivity contribution in [2.45, 2.75) is 0 Å². The van der Waals surface area contributed by atoms with E-state index in [9.17, 15) is 0 Å². The first-order valence-electron chi connectivity index (χ1n) is 7.85. The van der Waals surface area contributed by atoms with Crippen LogP contribution in [-0.2, 0) is 58.4 Å². The molecule has 0 saturated carbocycles. The van der Waals surface area contributed by atoms with Crippen LogP contribution >= 0.6 is 0 Å². The summed E-state index contributed by atoms with van der Waals surface area (Å²) in [6.45, 7) is 0. The average molecular weight is 507 g/mol. The Morgan fingerprint density at radius 2 is 0.704 bits per heavy atom. The van der Waals surface area contributed by atoms with Crippen LogP contribution in [0, 0.1) is 0 Å². The number of H-pyrrole nitrogens is 2. The summed E-state index contributed by atoms with van der Waals surface area (Å²) in [5.74, 6) is 0. The van der Waals surface area contributed by atoms with Crippen molar-refractivity contribution in [3.05, 3.63) is 71.3 Å². The molecule has 2 aliphatic heterocycles. The smallest absolute Gasteiger partial charge is 0.355 e. The van der Waals surface area contributed by atoms with Crippen molar-refractivity contribution in [3.8, 4) is 0 Å². The third kappa shape index (κ3) is 4.85. The molecule has 4 nitrogen and oxygen atoms in total. The maximum atomic E-state index is 4.63. The van der Waals surface area contributed by atoms with Gasteiger partial charge in [-0.3, -0.25) is 0 Å². The summed E-state index contributed by atoms with van der Waals surface area (Å²) >= 11 is 0. The molecule has 114 valence electrons. The monoisotopic (exact) mass is 502 g/mol. The molecule has 5 heterocycles. The van der Waals surface area contributed by atoms with E-state index in [4.69, 9.17) is 0 Å². The second-order valence-electron chi connectivity index (χ2n) is 5.91. The molecule has 0 aromatic carbocycles. The molecule has 0 aliphatic carbocycles. The topological polar surface area (TPSA) is 57.4 Å². The molecule has 0 atom stereocenters. The quantitative estimate of drug-likeness (QED) is 0.301. The number of aromatic amines is 2. The van der Waals surface area contributed by atoms with E-state index < -0.39 is 0 Å². The van der Waals surface area contributed by atoms with Crippen LogP contribution in [0.25, 0.3) is 46.4 Å². The summed E-state index contributed by atoms with van der Waals surface area (Å²) in [4.78, 5) is 16.0. The molecule has 0 fully saturated rings. The molecule has 2 N–H and O–H groups in total. The van der Waals surface area contributed by atoms with Gasteiger partial charge in [-0.25, -0.2) is 9.97 Å². The van der Waals surface area contributed by atoms with Gasteiger partial charge in [0.15, 0.2) is 0 Å². The summed E-state index contributed by atoms with van der Waals surface area (Å²) in [6, 6.07) is 16.4. The van der Waals surface area contributed by atoms with Gasteiger partial charge in [0, 0.05) is 22.1 Å². The molecule has 3 aromatic heterocycles. The van der Waals surface area contributed by atoms with Crippen molar-refractivity contribution >= 4 is 46.4 Å². The first-order valence-corrected chi connectivity index (χ1v) is 7.85. The van der Waals surface area contributed by atoms with Crippen molar-refractivity contribution < 1.29 is 58.4 Å². The molecule has 0 radical (unpaired) electrons. The second-order valence-corrected chi connectivity index (χ2v) is 5.91. The number of nitrogens with one attached hydrogen (secondary N) is 2. The van der Waals surface area contributed by atoms with Gasteiger partial charge in [0.1, 0.15) is 0 Å². The van der Waals surface area contributed by atoms with Crippen molar-refractivity contribution in [1.29, 1.82) is 0 Å². The average Bonchev–Trinajstić information content (AvgIpc) is 3.32. The summed E-state index contributed by atoms with van der Waals surface area (Å²) in [5, 5.41) is 0. The van der Waals surface area contributed by atoms with E-state index in [1.807, 2.05) is 48.6 Å². The van der Waals surface area contributed by atoms with Gasteiger partial charge >= 0.3 is 58.4 Å². The summed E-state index contributed by atoms with van der Waals surface area (Å²) in [5.41, 5.74) is 7.86. The minimum atomic E-state index is 0. The molecule has 0 unspecified atom stereocenters.